The van der Waals surface area contributed by atoms with Crippen molar-refractivity contribution in [3.8, 4) is 17.1 Å². The summed E-state index contributed by atoms with van der Waals surface area (Å²) in [4.78, 5) is 31.4. The van der Waals surface area contributed by atoms with Crippen molar-refractivity contribution in [3.05, 3.63) is 42.2 Å². The molecule has 0 saturated heterocycles. The maximum atomic E-state index is 11.7. The Morgan fingerprint density at radius 3 is 2.25 bits per heavy atom. The molecule has 6 nitrogen and oxygen atoms in total. The molecule has 2 rings (SSSR count). The van der Waals surface area contributed by atoms with Gasteiger partial charge < -0.3 is 14.3 Å². The summed E-state index contributed by atoms with van der Waals surface area (Å²) in [5.74, 6) is 0.727. The average Bonchev–Trinajstić information content (AvgIpc) is 2.79. The molecule has 1 heterocycles. The number of ether oxygens (including phenoxy) is 2. The van der Waals surface area contributed by atoms with Gasteiger partial charge in [-0.25, -0.2) is 9.97 Å². The van der Waals surface area contributed by atoms with E-state index in [-0.39, 0.29) is 25.2 Å². The molecule has 1 aromatic carbocycles. The zero-order valence-corrected chi connectivity index (χ0v) is 19.6. The lowest BCUT2D eigenvalue weighted by Gasteiger charge is -2.14. The number of nitrogens with zero attached hydrogens (tertiary/aromatic N) is 2. The van der Waals surface area contributed by atoms with Gasteiger partial charge in [-0.15, -0.1) is 0 Å². The Kier molecular flexibility index (Phi) is 11.4. The summed E-state index contributed by atoms with van der Waals surface area (Å²) in [7, 11) is 0. The van der Waals surface area contributed by atoms with E-state index in [1.165, 1.54) is 51.0 Å². The van der Waals surface area contributed by atoms with Crippen LogP contribution in [0.5, 0.6) is 5.75 Å². The summed E-state index contributed by atoms with van der Waals surface area (Å²) in [6, 6.07) is 8.42. The van der Waals surface area contributed by atoms with Gasteiger partial charge in [0.1, 0.15) is 18.5 Å². The third-order valence-corrected chi connectivity index (χ3v) is 5.16. The molecule has 1 unspecified atom stereocenters. The van der Waals surface area contributed by atoms with Gasteiger partial charge in [-0.1, -0.05) is 63.3 Å². The standard InChI is InChI=1S/C26H36N2O4/c1-4-5-6-7-8-9-10-22-12-14-23(15-13-22)26-27-17-24(18-28-26)31-19-21(3)32-25(30)16-11-20(2)29/h12-15,17-18,21H,4-11,16,19H2,1-3H3. The highest BCUT2D eigenvalue weighted by Gasteiger charge is 2.11. The van der Waals surface area contributed by atoms with E-state index in [0.717, 1.165) is 12.0 Å². The van der Waals surface area contributed by atoms with Crippen LogP contribution >= 0.6 is 0 Å². The van der Waals surface area contributed by atoms with Crippen LogP contribution in [-0.4, -0.2) is 34.4 Å². The molecule has 0 aliphatic heterocycles. The second-order valence-electron chi connectivity index (χ2n) is 8.27. The van der Waals surface area contributed by atoms with E-state index < -0.39 is 12.1 Å². The molecule has 1 atom stereocenters. The molecule has 0 spiro atoms. The lowest BCUT2D eigenvalue weighted by molar-refractivity contribution is -0.150. The fraction of sp³-hybridized carbons (Fsp3) is 0.538. The highest BCUT2D eigenvalue weighted by molar-refractivity contribution is 5.81. The number of aromatic nitrogens is 2. The first-order valence-electron chi connectivity index (χ1n) is 11.7. The number of hydrogen-bond acceptors (Lipinski definition) is 6. The van der Waals surface area contributed by atoms with Crippen molar-refractivity contribution in [2.75, 3.05) is 6.61 Å². The molecule has 0 radical (unpaired) electrons. The molecular formula is C26H36N2O4. The van der Waals surface area contributed by atoms with E-state index in [4.69, 9.17) is 9.47 Å². The predicted molar refractivity (Wildman–Crippen MR) is 126 cm³/mol. The highest BCUT2D eigenvalue weighted by atomic mass is 16.6. The van der Waals surface area contributed by atoms with Crippen LogP contribution in [0.4, 0.5) is 0 Å². The third-order valence-electron chi connectivity index (χ3n) is 5.16. The van der Waals surface area contributed by atoms with Crippen molar-refractivity contribution in [1.82, 2.24) is 9.97 Å². The molecule has 1 aromatic heterocycles. The predicted octanol–water partition coefficient (Wildman–Crippen LogP) is 5.73. The number of rotatable bonds is 15. The second-order valence-corrected chi connectivity index (χ2v) is 8.27. The second kappa shape index (κ2) is 14.3. The summed E-state index contributed by atoms with van der Waals surface area (Å²) >= 11 is 0. The van der Waals surface area contributed by atoms with Crippen LogP contribution in [0.15, 0.2) is 36.7 Å². The van der Waals surface area contributed by atoms with Crippen LogP contribution in [0.25, 0.3) is 11.4 Å². The normalized spacial score (nSPS) is 11.7. The summed E-state index contributed by atoms with van der Waals surface area (Å²) < 4.78 is 10.8. The maximum absolute atomic E-state index is 11.7. The van der Waals surface area contributed by atoms with Gasteiger partial charge >= 0.3 is 5.97 Å². The number of carbonyl (C=O) groups is 2. The average molecular weight is 441 g/mol. The number of carbonyl (C=O) groups excluding carboxylic acids is 2. The molecule has 0 N–H and O–H groups in total. The monoisotopic (exact) mass is 440 g/mol. The van der Waals surface area contributed by atoms with Crippen LogP contribution in [0.2, 0.25) is 0 Å². The fourth-order valence-corrected chi connectivity index (χ4v) is 3.28. The third kappa shape index (κ3) is 10.0. The largest absolute Gasteiger partial charge is 0.486 e. The van der Waals surface area contributed by atoms with Gasteiger partial charge in [0.05, 0.1) is 18.8 Å². The van der Waals surface area contributed by atoms with Crippen molar-refractivity contribution in [2.24, 2.45) is 0 Å². The van der Waals surface area contributed by atoms with E-state index in [1.807, 2.05) is 0 Å². The van der Waals surface area contributed by atoms with Gasteiger partial charge in [0.2, 0.25) is 0 Å². The number of ketones is 1. The molecular weight excluding hydrogens is 404 g/mol. The maximum Gasteiger partial charge on any atom is 0.306 e. The first kappa shape index (κ1) is 25.5. The fourth-order valence-electron chi connectivity index (χ4n) is 3.28. The van der Waals surface area contributed by atoms with Gasteiger partial charge in [0.15, 0.2) is 11.6 Å². The van der Waals surface area contributed by atoms with Crippen LogP contribution in [0.1, 0.15) is 77.7 Å². The number of hydrogen-bond donors (Lipinski definition) is 0. The summed E-state index contributed by atoms with van der Waals surface area (Å²) in [6.45, 7) is 5.64. The first-order valence-corrected chi connectivity index (χ1v) is 11.7. The van der Waals surface area contributed by atoms with Crippen molar-refractivity contribution in [2.45, 2.75) is 84.7 Å². The molecule has 0 aliphatic rings. The topological polar surface area (TPSA) is 78.4 Å². The zero-order valence-electron chi connectivity index (χ0n) is 19.6. The Morgan fingerprint density at radius 1 is 0.938 bits per heavy atom. The first-order chi connectivity index (χ1) is 15.5. The molecule has 0 saturated carbocycles. The minimum Gasteiger partial charge on any atom is -0.486 e. The van der Waals surface area contributed by atoms with Gasteiger partial charge in [0, 0.05) is 12.0 Å². The minimum absolute atomic E-state index is 0.0319. The SMILES string of the molecule is CCCCCCCCc1ccc(-c2ncc(OCC(C)OC(=O)CCC(C)=O)cn2)cc1. The zero-order chi connectivity index (χ0) is 23.2. The molecule has 0 bridgehead atoms. The van der Waals surface area contributed by atoms with Gasteiger partial charge in [-0.05, 0) is 32.3 Å². The number of unbranched alkanes of at least 4 members (excludes halogenated alkanes) is 5. The summed E-state index contributed by atoms with van der Waals surface area (Å²) in [5, 5.41) is 0. The molecule has 174 valence electrons. The molecule has 32 heavy (non-hydrogen) atoms. The molecule has 0 amide bonds. The number of esters is 1. The van der Waals surface area contributed by atoms with E-state index in [1.54, 1.807) is 19.3 Å². The molecule has 0 fully saturated rings. The van der Waals surface area contributed by atoms with E-state index in [9.17, 15) is 9.59 Å². The molecule has 6 heteroatoms. The highest BCUT2D eigenvalue weighted by Crippen LogP contribution is 2.19. The van der Waals surface area contributed by atoms with Crippen LogP contribution in [-0.2, 0) is 20.7 Å². The van der Waals surface area contributed by atoms with Crippen molar-refractivity contribution >= 4 is 11.8 Å². The van der Waals surface area contributed by atoms with Gasteiger partial charge in [0.25, 0.3) is 0 Å². The smallest absolute Gasteiger partial charge is 0.306 e. The van der Waals surface area contributed by atoms with E-state index in [2.05, 4.69) is 41.2 Å². The summed E-state index contributed by atoms with van der Waals surface area (Å²) in [5.41, 5.74) is 2.31. The van der Waals surface area contributed by atoms with Crippen LogP contribution in [0, 0.1) is 0 Å². The van der Waals surface area contributed by atoms with Crippen molar-refractivity contribution in [1.29, 1.82) is 0 Å². The summed E-state index contributed by atoms with van der Waals surface area (Å²) in [6.07, 6.45) is 12.0. The van der Waals surface area contributed by atoms with E-state index >= 15 is 0 Å². The Hall–Kier alpha value is -2.76. The Balaban J connectivity index is 1.74. The Labute approximate surface area is 191 Å². The molecule has 0 aliphatic carbocycles. The lowest BCUT2D eigenvalue weighted by atomic mass is 10.0. The molecule has 2 aromatic rings. The number of benzene rings is 1. The van der Waals surface area contributed by atoms with Crippen LogP contribution in [0.3, 0.4) is 0 Å². The quantitative estimate of drug-likeness (QED) is 0.260. The van der Waals surface area contributed by atoms with Crippen LogP contribution < -0.4 is 4.74 Å². The van der Waals surface area contributed by atoms with Gasteiger partial charge in [-0.2, -0.15) is 0 Å². The Bertz CT molecular complexity index is 819. The van der Waals surface area contributed by atoms with Crippen molar-refractivity contribution in [3.63, 3.8) is 0 Å². The minimum atomic E-state index is -0.423. The van der Waals surface area contributed by atoms with Gasteiger partial charge in [-0.3, -0.25) is 4.79 Å². The number of aryl methyl sites for hydroxylation is 1. The number of Topliss-reactive ketones (excluding diaryl/α,β-unsaturated/α-hetero) is 1. The van der Waals surface area contributed by atoms with E-state index in [0.29, 0.717) is 11.6 Å². The lowest BCUT2D eigenvalue weighted by Crippen LogP contribution is -2.22. The van der Waals surface area contributed by atoms with Crippen molar-refractivity contribution < 1.29 is 19.1 Å². The Morgan fingerprint density at radius 2 is 1.59 bits per heavy atom.